The zero-order valence-electron chi connectivity index (χ0n) is 11.8. The van der Waals surface area contributed by atoms with Crippen LogP contribution in [0, 0.1) is 5.41 Å². The standard InChI is InChI=1S/C16H18N2O2.ClH/c1-19-15-9-5-3-7-13(15)11-20-10-12-6-2-4-8-14(12)16(17)18;/h2-9H,10-11H2,1H3,(H3,17,18);1H. The molecule has 0 fully saturated rings. The molecule has 0 aliphatic carbocycles. The fraction of sp³-hybridized carbons (Fsp3) is 0.188. The number of halogens is 1. The first-order chi connectivity index (χ1) is 9.72. The Labute approximate surface area is 130 Å². The normalized spacial score (nSPS) is 9.76. The Balaban J connectivity index is 0.00000220. The molecule has 0 radical (unpaired) electrons. The molecule has 0 heterocycles. The number of para-hydroxylation sites is 1. The lowest BCUT2D eigenvalue weighted by molar-refractivity contribution is 0.105. The van der Waals surface area contributed by atoms with Gasteiger partial charge < -0.3 is 15.2 Å². The highest BCUT2D eigenvalue weighted by Crippen LogP contribution is 2.19. The summed E-state index contributed by atoms with van der Waals surface area (Å²) < 4.78 is 11.0. The van der Waals surface area contributed by atoms with E-state index < -0.39 is 0 Å². The molecular weight excluding hydrogens is 288 g/mol. The molecule has 5 heteroatoms. The van der Waals surface area contributed by atoms with Gasteiger partial charge in [0, 0.05) is 11.1 Å². The van der Waals surface area contributed by atoms with Gasteiger partial charge in [0.1, 0.15) is 11.6 Å². The molecule has 0 aromatic heterocycles. The van der Waals surface area contributed by atoms with Crippen LogP contribution in [0.1, 0.15) is 16.7 Å². The van der Waals surface area contributed by atoms with Crippen molar-refractivity contribution in [2.75, 3.05) is 7.11 Å². The number of methoxy groups -OCH3 is 1. The van der Waals surface area contributed by atoms with Crippen molar-refractivity contribution in [3.8, 4) is 5.75 Å². The molecule has 0 saturated carbocycles. The fourth-order valence-electron chi connectivity index (χ4n) is 2.00. The third-order valence-corrected chi connectivity index (χ3v) is 3.02. The van der Waals surface area contributed by atoms with Crippen molar-refractivity contribution in [2.24, 2.45) is 5.73 Å². The molecule has 0 aliphatic heterocycles. The van der Waals surface area contributed by atoms with Gasteiger partial charge in [0.25, 0.3) is 0 Å². The summed E-state index contributed by atoms with van der Waals surface area (Å²) in [5.41, 5.74) is 8.17. The lowest BCUT2D eigenvalue weighted by atomic mass is 10.1. The molecule has 0 amide bonds. The van der Waals surface area contributed by atoms with E-state index in [-0.39, 0.29) is 18.2 Å². The number of hydrogen-bond acceptors (Lipinski definition) is 3. The molecule has 112 valence electrons. The second-order valence-electron chi connectivity index (χ2n) is 4.38. The van der Waals surface area contributed by atoms with Gasteiger partial charge >= 0.3 is 0 Å². The molecule has 0 saturated heterocycles. The Morgan fingerprint density at radius 2 is 1.57 bits per heavy atom. The van der Waals surface area contributed by atoms with Crippen LogP contribution in [0.4, 0.5) is 0 Å². The van der Waals surface area contributed by atoms with Gasteiger partial charge in [0.2, 0.25) is 0 Å². The van der Waals surface area contributed by atoms with E-state index in [1.165, 1.54) is 0 Å². The summed E-state index contributed by atoms with van der Waals surface area (Å²) >= 11 is 0. The third kappa shape index (κ3) is 4.48. The van der Waals surface area contributed by atoms with Crippen LogP contribution in [0.2, 0.25) is 0 Å². The van der Waals surface area contributed by atoms with Crippen molar-refractivity contribution in [2.45, 2.75) is 13.2 Å². The highest BCUT2D eigenvalue weighted by Gasteiger charge is 2.06. The zero-order valence-corrected chi connectivity index (χ0v) is 12.7. The van der Waals surface area contributed by atoms with E-state index >= 15 is 0 Å². The van der Waals surface area contributed by atoms with Crippen LogP contribution < -0.4 is 10.5 Å². The summed E-state index contributed by atoms with van der Waals surface area (Å²) in [5.74, 6) is 0.869. The molecule has 21 heavy (non-hydrogen) atoms. The fourth-order valence-corrected chi connectivity index (χ4v) is 2.00. The zero-order chi connectivity index (χ0) is 14.4. The smallest absolute Gasteiger partial charge is 0.124 e. The lowest BCUT2D eigenvalue weighted by Gasteiger charge is -2.11. The predicted molar refractivity (Wildman–Crippen MR) is 86.2 cm³/mol. The van der Waals surface area contributed by atoms with E-state index in [1.54, 1.807) is 7.11 Å². The number of nitrogen functional groups attached to an aromatic ring is 1. The minimum Gasteiger partial charge on any atom is -0.496 e. The SMILES string of the molecule is COc1ccccc1COCc1ccccc1C(=N)N.Cl. The molecular formula is C16H19ClN2O2. The van der Waals surface area contributed by atoms with Crippen LogP contribution in [-0.4, -0.2) is 12.9 Å². The lowest BCUT2D eigenvalue weighted by Crippen LogP contribution is -2.14. The number of nitrogens with two attached hydrogens (primary N) is 1. The van der Waals surface area contributed by atoms with Crippen molar-refractivity contribution in [3.05, 3.63) is 65.2 Å². The van der Waals surface area contributed by atoms with Crippen molar-refractivity contribution < 1.29 is 9.47 Å². The van der Waals surface area contributed by atoms with E-state index in [1.807, 2.05) is 48.5 Å². The second-order valence-corrected chi connectivity index (χ2v) is 4.38. The number of hydrogen-bond donors (Lipinski definition) is 2. The van der Waals surface area contributed by atoms with E-state index in [0.717, 1.165) is 16.9 Å². The van der Waals surface area contributed by atoms with Gasteiger partial charge in [-0.15, -0.1) is 12.4 Å². The number of amidine groups is 1. The van der Waals surface area contributed by atoms with Gasteiger partial charge in [-0.2, -0.15) is 0 Å². The Bertz CT molecular complexity index is 602. The quantitative estimate of drug-likeness (QED) is 0.636. The molecule has 0 aliphatic rings. The first-order valence-corrected chi connectivity index (χ1v) is 6.34. The van der Waals surface area contributed by atoms with Crippen molar-refractivity contribution in [3.63, 3.8) is 0 Å². The second kappa shape index (κ2) is 8.29. The molecule has 2 rings (SSSR count). The van der Waals surface area contributed by atoms with Gasteiger partial charge in [0.05, 0.1) is 20.3 Å². The summed E-state index contributed by atoms with van der Waals surface area (Å²) in [5, 5.41) is 7.54. The van der Waals surface area contributed by atoms with Gasteiger partial charge in [-0.3, -0.25) is 5.41 Å². The highest BCUT2D eigenvalue weighted by molar-refractivity contribution is 5.96. The molecule has 0 unspecified atom stereocenters. The maximum Gasteiger partial charge on any atom is 0.124 e. The van der Waals surface area contributed by atoms with Gasteiger partial charge in [-0.1, -0.05) is 42.5 Å². The van der Waals surface area contributed by atoms with Gasteiger partial charge in [-0.25, -0.2) is 0 Å². The predicted octanol–water partition coefficient (Wildman–Crippen LogP) is 3.12. The Hall–Kier alpha value is -2.04. The number of ether oxygens (including phenoxy) is 2. The van der Waals surface area contributed by atoms with Crippen LogP contribution in [0.5, 0.6) is 5.75 Å². The summed E-state index contributed by atoms with van der Waals surface area (Å²) in [6.45, 7) is 0.865. The Kier molecular flexibility index (Phi) is 6.72. The van der Waals surface area contributed by atoms with Crippen molar-refractivity contribution in [1.29, 1.82) is 5.41 Å². The van der Waals surface area contributed by atoms with Crippen LogP contribution in [-0.2, 0) is 18.0 Å². The summed E-state index contributed by atoms with van der Waals surface area (Å²) in [7, 11) is 1.64. The van der Waals surface area contributed by atoms with Crippen molar-refractivity contribution >= 4 is 18.2 Å². The average molecular weight is 307 g/mol. The number of benzene rings is 2. The van der Waals surface area contributed by atoms with E-state index in [9.17, 15) is 0 Å². The van der Waals surface area contributed by atoms with E-state index in [4.69, 9.17) is 20.6 Å². The Morgan fingerprint density at radius 1 is 1.00 bits per heavy atom. The van der Waals surface area contributed by atoms with Crippen LogP contribution in [0.3, 0.4) is 0 Å². The summed E-state index contributed by atoms with van der Waals surface area (Å²) in [4.78, 5) is 0. The van der Waals surface area contributed by atoms with Crippen molar-refractivity contribution in [1.82, 2.24) is 0 Å². The Morgan fingerprint density at radius 3 is 2.24 bits per heavy atom. The minimum absolute atomic E-state index is 0. The molecule has 4 nitrogen and oxygen atoms in total. The molecule has 3 N–H and O–H groups in total. The summed E-state index contributed by atoms with van der Waals surface area (Å²) in [6, 6.07) is 15.3. The molecule has 2 aromatic rings. The van der Waals surface area contributed by atoms with E-state index in [0.29, 0.717) is 18.8 Å². The summed E-state index contributed by atoms with van der Waals surface area (Å²) in [6.07, 6.45) is 0. The first-order valence-electron chi connectivity index (χ1n) is 6.34. The van der Waals surface area contributed by atoms with E-state index in [2.05, 4.69) is 0 Å². The number of nitrogens with one attached hydrogen (secondary N) is 1. The van der Waals surface area contributed by atoms with Crippen LogP contribution in [0.25, 0.3) is 0 Å². The maximum absolute atomic E-state index is 7.54. The third-order valence-electron chi connectivity index (χ3n) is 3.02. The number of rotatable bonds is 6. The molecule has 0 spiro atoms. The molecule has 2 aromatic carbocycles. The first kappa shape index (κ1) is 17.0. The average Bonchev–Trinajstić information content (AvgIpc) is 2.48. The topological polar surface area (TPSA) is 68.3 Å². The van der Waals surface area contributed by atoms with Gasteiger partial charge in [-0.05, 0) is 11.6 Å². The minimum atomic E-state index is 0. The molecule has 0 bridgehead atoms. The van der Waals surface area contributed by atoms with Crippen LogP contribution in [0.15, 0.2) is 48.5 Å². The molecule has 0 atom stereocenters. The largest absolute Gasteiger partial charge is 0.496 e. The monoisotopic (exact) mass is 306 g/mol. The van der Waals surface area contributed by atoms with Crippen LogP contribution >= 0.6 is 12.4 Å². The maximum atomic E-state index is 7.54. The highest BCUT2D eigenvalue weighted by atomic mass is 35.5. The van der Waals surface area contributed by atoms with Gasteiger partial charge in [0.15, 0.2) is 0 Å².